The van der Waals surface area contributed by atoms with Crippen molar-refractivity contribution in [2.75, 3.05) is 31.5 Å². The summed E-state index contributed by atoms with van der Waals surface area (Å²) in [5, 5.41) is 3.04. The second kappa shape index (κ2) is 8.94. The monoisotopic (exact) mass is 411 g/mol. The second-order valence-corrected chi connectivity index (χ2v) is 7.27. The van der Waals surface area contributed by atoms with Gasteiger partial charge in [0.05, 0.1) is 11.7 Å². The van der Waals surface area contributed by atoms with E-state index in [2.05, 4.69) is 10.2 Å². The third-order valence-electron chi connectivity index (χ3n) is 4.92. The normalized spacial score (nSPS) is 16.8. The molecule has 1 atom stereocenters. The Bertz CT molecular complexity index is 857. The quantitative estimate of drug-likeness (QED) is 0.758. The van der Waals surface area contributed by atoms with E-state index in [4.69, 9.17) is 11.6 Å². The van der Waals surface area contributed by atoms with Crippen LogP contribution in [0.15, 0.2) is 36.4 Å². The Balaban J connectivity index is 1.54. The molecule has 28 heavy (non-hydrogen) atoms. The van der Waals surface area contributed by atoms with Crippen molar-refractivity contribution in [3.8, 4) is 0 Å². The molecule has 0 aromatic heterocycles. The molecule has 1 N–H and O–H groups in total. The molecule has 2 aromatic rings. The molecule has 1 fully saturated rings. The largest absolute Gasteiger partial charge is 0.322 e. The molecule has 0 spiro atoms. The average Bonchev–Trinajstić information content (AvgIpc) is 2.68. The summed E-state index contributed by atoms with van der Waals surface area (Å²) >= 11 is 6.02. The van der Waals surface area contributed by atoms with Gasteiger partial charge in [0.25, 0.3) is 0 Å². The molecule has 0 bridgehead atoms. The zero-order valence-corrected chi connectivity index (χ0v) is 16.1. The lowest BCUT2D eigenvalue weighted by Gasteiger charge is -2.37. The highest BCUT2D eigenvalue weighted by Gasteiger charge is 2.26. The highest BCUT2D eigenvalue weighted by Crippen LogP contribution is 2.20. The van der Waals surface area contributed by atoms with E-state index >= 15 is 0 Å². The molecular formula is C20H21ClF3N3O. The lowest BCUT2D eigenvalue weighted by atomic mass is 10.1. The number of anilines is 1. The number of halogens is 4. The maximum absolute atomic E-state index is 13.8. The van der Waals surface area contributed by atoms with Gasteiger partial charge in [0.2, 0.25) is 5.91 Å². The van der Waals surface area contributed by atoms with Crippen LogP contribution in [0.25, 0.3) is 0 Å². The zero-order valence-electron chi connectivity index (χ0n) is 15.4. The molecule has 0 unspecified atom stereocenters. The molecule has 0 radical (unpaired) electrons. The van der Waals surface area contributed by atoms with Gasteiger partial charge in [0.15, 0.2) is 17.5 Å². The van der Waals surface area contributed by atoms with E-state index < -0.39 is 29.4 Å². The van der Waals surface area contributed by atoms with Gasteiger partial charge in [-0.25, -0.2) is 13.2 Å². The number of amides is 1. The first-order valence-corrected chi connectivity index (χ1v) is 9.38. The topological polar surface area (TPSA) is 35.6 Å². The van der Waals surface area contributed by atoms with Crippen molar-refractivity contribution in [2.45, 2.75) is 19.5 Å². The number of nitrogens with zero attached hydrogens (tertiary/aromatic N) is 2. The Morgan fingerprint density at radius 3 is 2.50 bits per heavy atom. The van der Waals surface area contributed by atoms with E-state index in [0.29, 0.717) is 18.1 Å². The zero-order chi connectivity index (χ0) is 20.3. The van der Waals surface area contributed by atoms with Gasteiger partial charge in [-0.3, -0.25) is 14.6 Å². The minimum Gasteiger partial charge on any atom is -0.322 e. The van der Waals surface area contributed by atoms with Gasteiger partial charge in [-0.2, -0.15) is 0 Å². The minimum absolute atomic E-state index is 0.365. The summed E-state index contributed by atoms with van der Waals surface area (Å²) in [6.07, 6.45) is 0. The van der Waals surface area contributed by atoms with Crippen molar-refractivity contribution in [1.82, 2.24) is 9.80 Å². The van der Waals surface area contributed by atoms with E-state index in [1.807, 2.05) is 29.2 Å². The number of carbonyl (C=O) groups excluding carboxylic acids is 1. The van der Waals surface area contributed by atoms with Crippen LogP contribution in [0.4, 0.5) is 18.9 Å². The van der Waals surface area contributed by atoms with Gasteiger partial charge in [0.1, 0.15) is 0 Å². The summed E-state index contributed by atoms with van der Waals surface area (Å²) in [6, 6.07) is 8.97. The van der Waals surface area contributed by atoms with E-state index in [9.17, 15) is 18.0 Å². The minimum atomic E-state index is -1.60. The molecule has 3 rings (SSSR count). The molecule has 1 aliphatic heterocycles. The van der Waals surface area contributed by atoms with Crippen molar-refractivity contribution in [1.29, 1.82) is 0 Å². The van der Waals surface area contributed by atoms with Gasteiger partial charge in [-0.1, -0.05) is 23.7 Å². The molecule has 4 nitrogen and oxygen atoms in total. The molecule has 2 aromatic carbocycles. The molecule has 0 aliphatic carbocycles. The van der Waals surface area contributed by atoms with Gasteiger partial charge in [-0.15, -0.1) is 0 Å². The van der Waals surface area contributed by atoms with Crippen LogP contribution in [0.2, 0.25) is 5.02 Å². The second-order valence-electron chi connectivity index (χ2n) is 6.83. The lowest BCUT2D eigenvalue weighted by molar-refractivity contribution is -0.121. The Morgan fingerprint density at radius 2 is 1.82 bits per heavy atom. The molecule has 1 aliphatic rings. The van der Waals surface area contributed by atoms with Gasteiger partial charge in [-0.05, 0) is 36.8 Å². The molecule has 1 amide bonds. The first-order valence-electron chi connectivity index (χ1n) is 9.00. The number of piperazine rings is 1. The van der Waals surface area contributed by atoms with Crippen LogP contribution in [0, 0.1) is 17.5 Å². The lowest BCUT2D eigenvalue weighted by Crippen LogP contribution is -2.52. The van der Waals surface area contributed by atoms with Crippen LogP contribution in [0.1, 0.15) is 12.5 Å². The summed E-state index contributed by atoms with van der Waals surface area (Å²) < 4.78 is 40.1. The molecule has 150 valence electrons. The number of hydrogen-bond donors (Lipinski definition) is 1. The molecule has 8 heteroatoms. The number of nitrogens with one attached hydrogen (secondary N) is 1. The van der Waals surface area contributed by atoms with E-state index in [1.54, 1.807) is 6.92 Å². The van der Waals surface area contributed by atoms with Crippen LogP contribution in [0.3, 0.4) is 0 Å². The number of carbonyl (C=O) groups is 1. The van der Waals surface area contributed by atoms with Gasteiger partial charge < -0.3 is 5.32 Å². The Hall–Kier alpha value is -2.09. The van der Waals surface area contributed by atoms with E-state index in [0.717, 1.165) is 37.3 Å². The van der Waals surface area contributed by atoms with Crippen LogP contribution in [-0.4, -0.2) is 47.9 Å². The molecule has 1 saturated heterocycles. The summed E-state index contributed by atoms with van der Waals surface area (Å²) in [5.41, 5.74) is 0.760. The van der Waals surface area contributed by atoms with Crippen molar-refractivity contribution in [2.24, 2.45) is 0 Å². The fourth-order valence-corrected chi connectivity index (χ4v) is 3.44. The van der Waals surface area contributed by atoms with E-state index in [-0.39, 0.29) is 5.69 Å². The first-order chi connectivity index (χ1) is 13.3. The van der Waals surface area contributed by atoms with E-state index in [1.165, 1.54) is 0 Å². The van der Waals surface area contributed by atoms with Gasteiger partial charge in [0, 0.05) is 37.7 Å². The Labute approximate surface area is 166 Å². The number of benzene rings is 2. The third kappa shape index (κ3) is 4.84. The maximum Gasteiger partial charge on any atom is 0.241 e. The van der Waals surface area contributed by atoms with Crippen LogP contribution < -0.4 is 5.32 Å². The fraction of sp³-hybridized carbons (Fsp3) is 0.350. The van der Waals surface area contributed by atoms with Crippen LogP contribution >= 0.6 is 11.6 Å². The standard InChI is InChI=1S/C20H21ClF3N3O/c1-13(20(28)25-17-6-5-16(22)18(23)19(17)24)27-9-7-26(8-10-27)12-14-3-2-4-15(21)11-14/h2-6,11,13H,7-10,12H2,1H3,(H,25,28)/t13-/m1/s1. The van der Waals surface area contributed by atoms with Crippen molar-refractivity contribution < 1.29 is 18.0 Å². The maximum atomic E-state index is 13.8. The summed E-state index contributed by atoms with van der Waals surface area (Å²) in [5.74, 6) is -4.75. The predicted octanol–water partition coefficient (Wildman–Crippen LogP) is 3.90. The molecule has 0 saturated carbocycles. The summed E-state index contributed by atoms with van der Waals surface area (Å²) in [7, 11) is 0. The van der Waals surface area contributed by atoms with Crippen molar-refractivity contribution >= 4 is 23.2 Å². The predicted molar refractivity (Wildman–Crippen MR) is 103 cm³/mol. The summed E-state index contributed by atoms with van der Waals surface area (Å²) in [4.78, 5) is 16.6. The summed E-state index contributed by atoms with van der Waals surface area (Å²) in [6.45, 7) is 5.34. The smallest absolute Gasteiger partial charge is 0.241 e. The van der Waals surface area contributed by atoms with Crippen molar-refractivity contribution in [3.63, 3.8) is 0 Å². The SMILES string of the molecule is C[C@H](C(=O)Nc1ccc(F)c(F)c1F)N1CCN(Cc2cccc(Cl)c2)CC1. The van der Waals surface area contributed by atoms with Crippen molar-refractivity contribution in [3.05, 3.63) is 64.4 Å². The van der Waals surface area contributed by atoms with Gasteiger partial charge >= 0.3 is 0 Å². The van der Waals surface area contributed by atoms with Crippen LogP contribution in [0.5, 0.6) is 0 Å². The molecule has 1 heterocycles. The number of rotatable bonds is 5. The Kier molecular flexibility index (Phi) is 6.59. The Morgan fingerprint density at radius 1 is 1.11 bits per heavy atom. The third-order valence-corrected chi connectivity index (χ3v) is 5.16. The first kappa shape index (κ1) is 20.6. The average molecular weight is 412 g/mol. The molecular weight excluding hydrogens is 391 g/mol. The number of hydrogen-bond acceptors (Lipinski definition) is 3. The highest BCUT2D eigenvalue weighted by atomic mass is 35.5. The highest BCUT2D eigenvalue weighted by molar-refractivity contribution is 6.30. The fourth-order valence-electron chi connectivity index (χ4n) is 3.23. The van der Waals surface area contributed by atoms with Crippen LogP contribution in [-0.2, 0) is 11.3 Å².